The maximum Gasteiger partial charge on any atom is 0.0948 e. The Hall–Kier alpha value is -0.480. The Morgan fingerprint density at radius 1 is 1.65 bits per heavy atom. The summed E-state index contributed by atoms with van der Waals surface area (Å²) in [5.74, 6) is 2.00. The molecule has 1 aromatic heterocycles. The van der Waals surface area contributed by atoms with Crippen LogP contribution >= 0.6 is 11.8 Å². The normalized spacial score (nSPS) is 33.4. The van der Waals surface area contributed by atoms with Crippen molar-refractivity contribution in [3.8, 4) is 0 Å². The highest BCUT2D eigenvalue weighted by Crippen LogP contribution is 2.39. The average Bonchev–Trinajstić information content (AvgIpc) is 2.98. The van der Waals surface area contributed by atoms with Crippen LogP contribution in [0.5, 0.6) is 0 Å². The standard InChI is InChI=1S/C13H21N3S/c1-13(4-2-6-17-13)9-16-10-15-8-12(16)11-3-5-14-7-11/h8,10-11,14H,2-7,9H2,1H3. The molecule has 0 aliphatic carbocycles. The first kappa shape index (κ1) is 11.6. The van der Waals surface area contributed by atoms with Crippen molar-refractivity contribution < 1.29 is 0 Å². The quantitative estimate of drug-likeness (QED) is 0.893. The Bertz CT molecular complexity index is 376. The molecule has 94 valence electrons. The molecule has 2 aliphatic rings. The van der Waals surface area contributed by atoms with Crippen LogP contribution in [0.2, 0.25) is 0 Å². The molecule has 2 unspecified atom stereocenters. The summed E-state index contributed by atoms with van der Waals surface area (Å²) in [5, 5.41) is 3.44. The SMILES string of the molecule is CC1(Cn2cncc2C2CCNC2)CCCS1. The summed E-state index contributed by atoms with van der Waals surface area (Å²) in [6.07, 6.45) is 8.07. The predicted octanol–water partition coefficient (Wildman–Crippen LogP) is 2.25. The number of thioether (sulfide) groups is 1. The summed E-state index contributed by atoms with van der Waals surface area (Å²) in [4.78, 5) is 4.37. The first-order valence-electron chi connectivity index (χ1n) is 6.62. The van der Waals surface area contributed by atoms with E-state index in [0.29, 0.717) is 10.7 Å². The first-order valence-corrected chi connectivity index (χ1v) is 7.60. The van der Waals surface area contributed by atoms with Gasteiger partial charge in [-0.1, -0.05) is 0 Å². The lowest BCUT2D eigenvalue weighted by molar-refractivity contribution is 0.489. The topological polar surface area (TPSA) is 29.9 Å². The van der Waals surface area contributed by atoms with Crippen molar-refractivity contribution in [1.82, 2.24) is 14.9 Å². The van der Waals surface area contributed by atoms with Gasteiger partial charge in [0.05, 0.1) is 6.33 Å². The summed E-state index contributed by atoms with van der Waals surface area (Å²) < 4.78 is 2.83. The van der Waals surface area contributed by atoms with E-state index in [4.69, 9.17) is 0 Å². The highest BCUT2D eigenvalue weighted by molar-refractivity contribution is 8.00. The molecule has 1 N–H and O–H groups in total. The zero-order valence-electron chi connectivity index (χ0n) is 10.5. The second-order valence-electron chi connectivity index (χ2n) is 5.54. The van der Waals surface area contributed by atoms with Gasteiger partial charge in [-0.2, -0.15) is 11.8 Å². The number of aromatic nitrogens is 2. The Morgan fingerprint density at radius 2 is 2.59 bits per heavy atom. The fraction of sp³-hybridized carbons (Fsp3) is 0.769. The van der Waals surface area contributed by atoms with Crippen LogP contribution in [-0.2, 0) is 6.54 Å². The van der Waals surface area contributed by atoms with Crippen LogP contribution in [0, 0.1) is 0 Å². The molecule has 0 radical (unpaired) electrons. The van der Waals surface area contributed by atoms with E-state index in [1.165, 1.54) is 30.7 Å². The second kappa shape index (κ2) is 4.65. The van der Waals surface area contributed by atoms with E-state index in [2.05, 4.69) is 39.8 Å². The van der Waals surface area contributed by atoms with Crippen LogP contribution in [0.1, 0.15) is 37.8 Å². The van der Waals surface area contributed by atoms with Crippen LogP contribution in [0.15, 0.2) is 12.5 Å². The minimum Gasteiger partial charge on any atom is -0.333 e. The third kappa shape index (κ3) is 2.38. The van der Waals surface area contributed by atoms with Crippen molar-refractivity contribution in [1.29, 1.82) is 0 Å². The Balaban J connectivity index is 1.76. The van der Waals surface area contributed by atoms with Gasteiger partial charge in [-0.15, -0.1) is 0 Å². The predicted molar refractivity (Wildman–Crippen MR) is 72.6 cm³/mol. The van der Waals surface area contributed by atoms with Crippen molar-refractivity contribution in [3.63, 3.8) is 0 Å². The zero-order chi connectivity index (χ0) is 11.7. The van der Waals surface area contributed by atoms with Gasteiger partial charge < -0.3 is 9.88 Å². The molecule has 0 spiro atoms. The van der Waals surface area contributed by atoms with Gasteiger partial charge in [-0.3, -0.25) is 0 Å². The van der Waals surface area contributed by atoms with E-state index in [1.807, 2.05) is 6.33 Å². The van der Waals surface area contributed by atoms with Crippen molar-refractivity contribution >= 4 is 11.8 Å². The van der Waals surface area contributed by atoms with Gasteiger partial charge in [0, 0.05) is 35.6 Å². The zero-order valence-corrected chi connectivity index (χ0v) is 11.3. The highest BCUT2D eigenvalue weighted by atomic mass is 32.2. The monoisotopic (exact) mass is 251 g/mol. The van der Waals surface area contributed by atoms with E-state index in [1.54, 1.807) is 0 Å². The number of nitrogens with one attached hydrogen (secondary N) is 1. The minimum absolute atomic E-state index is 0.432. The van der Waals surface area contributed by atoms with E-state index in [-0.39, 0.29) is 0 Å². The fourth-order valence-electron chi connectivity index (χ4n) is 3.03. The largest absolute Gasteiger partial charge is 0.333 e. The van der Waals surface area contributed by atoms with Crippen LogP contribution in [0.3, 0.4) is 0 Å². The van der Waals surface area contributed by atoms with Crippen LogP contribution in [0.25, 0.3) is 0 Å². The molecule has 2 saturated heterocycles. The summed E-state index contributed by atoms with van der Waals surface area (Å²) >= 11 is 2.13. The molecule has 0 bridgehead atoms. The van der Waals surface area contributed by atoms with Gasteiger partial charge in [0.2, 0.25) is 0 Å². The third-order valence-corrected chi connectivity index (χ3v) is 5.55. The molecular weight excluding hydrogens is 230 g/mol. The van der Waals surface area contributed by atoms with Crippen molar-refractivity contribution in [3.05, 3.63) is 18.2 Å². The molecule has 17 heavy (non-hydrogen) atoms. The Morgan fingerprint density at radius 3 is 3.29 bits per heavy atom. The lowest BCUT2D eigenvalue weighted by Gasteiger charge is -2.25. The molecule has 3 rings (SSSR count). The summed E-state index contributed by atoms with van der Waals surface area (Å²) in [6.45, 7) is 5.81. The van der Waals surface area contributed by atoms with E-state index >= 15 is 0 Å². The van der Waals surface area contributed by atoms with Gasteiger partial charge in [-0.25, -0.2) is 4.98 Å². The fourth-order valence-corrected chi connectivity index (χ4v) is 4.33. The molecule has 2 atom stereocenters. The van der Waals surface area contributed by atoms with Gasteiger partial charge in [0.1, 0.15) is 0 Å². The lowest BCUT2D eigenvalue weighted by Crippen LogP contribution is -2.25. The summed E-state index contributed by atoms with van der Waals surface area (Å²) in [5.41, 5.74) is 1.43. The smallest absolute Gasteiger partial charge is 0.0948 e. The Labute approximate surface area is 107 Å². The van der Waals surface area contributed by atoms with Gasteiger partial charge in [0.25, 0.3) is 0 Å². The average molecular weight is 251 g/mol. The molecule has 2 fully saturated rings. The third-order valence-electron chi connectivity index (χ3n) is 4.03. The maximum atomic E-state index is 4.37. The van der Waals surface area contributed by atoms with Crippen molar-refractivity contribution in [2.24, 2.45) is 0 Å². The highest BCUT2D eigenvalue weighted by Gasteiger charge is 2.31. The van der Waals surface area contributed by atoms with Crippen LogP contribution in [-0.4, -0.2) is 33.1 Å². The minimum atomic E-state index is 0.432. The van der Waals surface area contributed by atoms with Crippen LogP contribution in [0.4, 0.5) is 0 Å². The van der Waals surface area contributed by atoms with Crippen molar-refractivity contribution in [2.45, 2.75) is 43.4 Å². The molecule has 4 heteroatoms. The number of imidazole rings is 1. The van der Waals surface area contributed by atoms with Gasteiger partial charge in [0.15, 0.2) is 0 Å². The van der Waals surface area contributed by atoms with E-state index in [0.717, 1.165) is 19.6 Å². The lowest BCUT2D eigenvalue weighted by atomic mass is 10.0. The van der Waals surface area contributed by atoms with Gasteiger partial charge in [-0.05, 0) is 38.5 Å². The first-order chi connectivity index (χ1) is 8.27. The summed E-state index contributed by atoms with van der Waals surface area (Å²) in [6, 6.07) is 0. The maximum absolute atomic E-state index is 4.37. The van der Waals surface area contributed by atoms with Crippen molar-refractivity contribution in [2.75, 3.05) is 18.8 Å². The molecule has 1 aromatic rings. The van der Waals surface area contributed by atoms with Crippen LogP contribution < -0.4 is 5.32 Å². The van der Waals surface area contributed by atoms with E-state index in [9.17, 15) is 0 Å². The molecule has 3 heterocycles. The van der Waals surface area contributed by atoms with E-state index < -0.39 is 0 Å². The number of rotatable bonds is 3. The summed E-state index contributed by atoms with van der Waals surface area (Å²) in [7, 11) is 0. The second-order valence-corrected chi connectivity index (χ2v) is 7.22. The molecule has 3 nitrogen and oxygen atoms in total. The number of nitrogens with zero attached hydrogens (tertiary/aromatic N) is 2. The molecular formula is C13H21N3S. The number of hydrogen-bond acceptors (Lipinski definition) is 3. The Kier molecular flexibility index (Phi) is 3.17. The number of hydrogen-bond donors (Lipinski definition) is 1. The van der Waals surface area contributed by atoms with Gasteiger partial charge >= 0.3 is 0 Å². The molecule has 0 saturated carbocycles. The molecule has 0 amide bonds. The molecule has 0 aromatic carbocycles. The molecule has 2 aliphatic heterocycles.